The van der Waals surface area contributed by atoms with E-state index in [4.69, 9.17) is 9.72 Å². The summed E-state index contributed by atoms with van der Waals surface area (Å²) in [7, 11) is -1.39. The van der Waals surface area contributed by atoms with Crippen LogP contribution in [0.25, 0.3) is 0 Å². The second-order valence-electron chi connectivity index (χ2n) is 14.0. The number of aromatic nitrogens is 1. The third-order valence-electron chi connectivity index (χ3n) is 8.32. The molecule has 4 rings (SSSR count). The van der Waals surface area contributed by atoms with Crippen LogP contribution in [0.5, 0.6) is 0 Å². The molecule has 7 nitrogen and oxygen atoms in total. The van der Waals surface area contributed by atoms with Gasteiger partial charge in [0.1, 0.15) is 16.2 Å². The first-order valence-electron chi connectivity index (χ1n) is 15.2. The number of nitrogens with zero attached hydrogens (tertiary/aromatic N) is 2. The fourth-order valence-electron chi connectivity index (χ4n) is 5.83. The summed E-state index contributed by atoms with van der Waals surface area (Å²) < 4.78 is 34.0. The normalized spacial score (nSPS) is 23.4. The molecule has 4 atom stereocenters. The minimum atomic E-state index is -1.39. The molecule has 1 saturated carbocycles. The number of carbonyl (C=O) groups is 1. The Kier molecular flexibility index (Phi) is 9.43. The summed E-state index contributed by atoms with van der Waals surface area (Å²) >= 11 is 0. The number of halogens is 1. The summed E-state index contributed by atoms with van der Waals surface area (Å²) in [6, 6.07) is 10.2. The van der Waals surface area contributed by atoms with Gasteiger partial charge >= 0.3 is 6.09 Å². The van der Waals surface area contributed by atoms with Crippen molar-refractivity contribution in [3.63, 3.8) is 0 Å². The molecule has 1 saturated heterocycles. The van der Waals surface area contributed by atoms with Gasteiger partial charge in [0.25, 0.3) is 0 Å². The number of amides is 1. The van der Waals surface area contributed by atoms with Gasteiger partial charge < -0.3 is 20.1 Å². The highest BCUT2D eigenvalue weighted by Crippen LogP contribution is 2.47. The van der Waals surface area contributed by atoms with Crippen LogP contribution in [0.1, 0.15) is 98.2 Å². The minimum Gasteiger partial charge on any atom is -0.444 e. The number of aliphatic hydroxyl groups is 1. The Morgan fingerprint density at radius 1 is 1.19 bits per heavy atom. The van der Waals surface area contributed by atoms with Crippen LogP contribution < -0.4 is 5.32 Å². The second kappa shape index (κ2) is 12.2. The van der Waals surface area contributed by atoms with Crippen molar-refractivity contribution in [2.75, 3.05) is 18.4 Å². The van der Waals surface area contributed by atoms with Crippen molar-refractivity contribution in [2.24, 2.45) is 5.92 Å². The van der Waals surface area contributed by atoms with Crippen LogP contribution in [-0.4, -0.2) is 60.4 Å². The zero-order chi connectivity index (χ0) is 30.9. The van der Waals surface area contributed by atoms with Gasteiger partial charge in [0.15, 0.2) is 0 Å². The maximum absolute atomic E-state index is 15.4. The molecule has 2 unspecified atom stereocenters. The molecule has 0 bridgehead atoms. The van der Waals surface area contributed by atoms with Crippen LogP contribution in [0.15, 0.2) is 42.6 Å². The number of rotatable bonds is 10. The number of ether oxygens (including phenoxy) is 1. The van der Waals surface area contributed by atoms with E-state index in [1.807, 2.05) is 45.9 Å². The maximum Gasteiger partial charge on any atom is 0.410 e. The Morgan fingerprint density at radius 3 is 2.48 bits per heavy atom. The summed E-state index contributed by atoms with van der Waals surface area (Å²) in [5, 5.41) is 14.3. The molecule has 2 heterocycles. The maximum atomic E-state index is 15.4. The zero-order valence-corrected chi connectivity index (χ0v) is 27.0. The number of hydrogen-bond acceptors (Lipinski definition) is 6. The molecule has 1 amide bonds. The Morgan fingerprint density at radius 2 is 1.90 bits per heavy atom. The summed E-state index contributed by atoms with van der Waals surface area (Å²) in [6.07, 6.45) is 5.98. The first kappa shape index (κ1) is 32.4. The van der Waals surface area contributed by atoms with Crippen molar-refractivity contribution in [1.29, 1.82) is 0 Å². The van der Waals surface area contributed by atoms with Gasteiger partial charge in [-0.05, 0) is 96.6 Å². The van der Waals surface area contributed by atoms with Crippen LogP contribution in [0, 0.1) is 11.7 Å². The average Bonchev–Trinajstić information content (AvgIpc) is 3.68. The largest absolute Gasteiger partial charge is 0.444 e. The predicted molar refractivity (Wildman–Crippen MR) is 166 cm³/mol. The molecule has 9 heteroatoms. The number of benzene rings is 1. The minimum absolute atomic E-state index is 0.155. The summed E-state index contributed by atoms with van der Waals surface area (Å²) in [5.41, 5.74) is 0.0157. The van der Waals surface area contributed by atoms with Gasteiger partial charge in [-0.1, -0.05) is 31.9 Å². The van der Waals surface area contributed by atoms with Gasteiger partial charge in [-0.15, -0.1) is 0 Å². The van der Waals surface area contributed by atoms with Gasteiger partial charge in [-0.3, -0.25) is 9.19 Å². The molecule has 1 aromatic carbocycles. The van der Waals surface area contributed by atoms with Gasteiger partial charge in [-0.25, -0.2) is 9.18 Å². The number of anilines is 1. The average molecular weight is 602 g/mol. The van der Waals surface area contributed by atoms with Gasteiger partial charge in [0.05, 0.1) is 29.6 Å². The van der Waals surface area contributed by atoms with E-state index >= 15 is 4.39 Å². The third kappa shape index (κ3) is 7.33. The number of hydrogen-bond donors (Lipinski definition) is 2. The van der Waals surface area contributed by atoms with Crippen molar-refractivity contribution in [3.05, 3.63) is 59.7 Å². The first-order valence-corrected chi connectivity index (χ1v) is 16.3. The lowest BCUT2D eigenvalue weighted by Crippen LogP contribution is -2.43. The summed E-state index contributed by atoms with van der Waals surface area (Å²) in [5.74, 6) is 0.173. The van der Waals surface area contributed by atoms with Crippen molar-refractivity contribution in [1.82, 2.24) is 9.88 Å². The molecule has 1 aliphatic carbocycles. The van der Waals surface area contributed by atoms with E-state index in [1.165, 1.54) is 18.9 Å². The van der Waals surface area contributed by atoms with Gasteiger partial charge in [0, 0.05) is 34.7 Å². The highest BCUT2D eigenvalue weighted by molar-refractivity contribution is 7.87. The predicted octanol–water partition coefficient (Wildman–Crippen LogP) is 6.76. The van der Waals surface area contributed by atoms with Crippen LogP contribution in [0.2, 0.25) is 0 Å². The Labute approximate surface area is 253 Å². The SMILES string of the molecule is CCC1(O)C[C@H](CNc2cc(C(CCC3CC3)(c3ccccn3)[S@@](=O)C(C)(C)C)ccc2F)N(C(=O)OC(C)(C)C)C1. The van der Waals surface area contributed by atoms with Gasteiger partial charge in [-0.2, -0.15) is 0 Å². The molecule has 0 spiro atoms. The number of carbonyl (C=O) groups excluding carboxylic acids is 1. The fraction of sp³-hybridized carbons (Fsp3) is 0.636. The molecular weight excluding hydrogens is 553 g/mol. The number of β-amino-alcohol motifs (C(OH)–C–C–N with tert-alkyl or cyclic N) is 1. The van der Waals surface area contributed by atoms with Crippen LogP contribution in [0.4, 0.5) is 14.9 Å². The monoisotopic (exact) mass is 601 g/mol. The first-order chi connectivity index (χ1) is 19.6. The topological polar surface area (TPSA) is 91.8 Å². The third-order valence-corrected chi connectivity index (χ3v) is 10.7. The summed E-state index contributed by atoms with van der Waals surface area (Å²) in [4.78, 5) is 19.3. The smallest absolute Gasteiger partial charge is 0.410 e. The Hall–Kier alpha value is -2.52. The van der Waals surface area contributed by atoms with Gasteiger partial charge in [0.2, 0.25) is 0 Å². The molecule has 2 N–H and O–H groups in total. The molecule has 2 fully saturated rings. The van der Waals surface area contributed by atoms with E-state index in [2.05, 4.69) is 5.32 Å². The molecule has 2 aliphatic rings. The van der Waals surface area contributed by atoms with E-state index in [1.54, 1.807) is 44.0 Å². The molecule has 232 valence electrons. The molecule has 0 radical (unpaired) electrons. The number of pyridine rings is 1. The van der Waals surface area contributed by atoms with Crippen LogP contribution >= 0.6 is 0 Å². The molecular formula is C33H48FN3O4S. The van der Waals surface area contributed by atoms with E-state index in [-0.39, 0.29) is 18.8 Å². The van der Waals surface area contributed by atoms with Crippen molar-refractivity contribution in [3.8, 4) is 0 Å². The second-order valence-corrected chi connectivity index (χ2v) is 16.5. The van der Waals surface area contributed by atoms with Crippen LogP contribution in [0.3, 0.4) is 0 Å². The standard InChI is InChI=1S/C33H48FN3O4S/c1-8-32(39)20-25(37(22-32)29(38)41-30(2,3)4)21-36-27-19-24(14-15-26(27)34)33(17-16-23-12-13-23,42(40)31(5,6)7)28-11-9-10-18-35-28/h9-11,14-15,18-19,23,25,36,39H,8,12-13,16-17,20-22H2,1-7H3/t25-,32?,33?,42+/m1/s1. The zero-order valence-electron chi connectivity index (χ0n) is 26.2. The van der Waals surface area contributed by atoms with E-state index in [9.17, 15) is 14.1 Å². The lowest BCUT2D eigenvalue weighted by molar-refractivity contribution is 0.0118. The Bertz CT molecular complexity index is 1270. The molecule has 1 aromatic heterocycles. The molecule has 1 aliphatic heterocycles. The lowest BCUT2D eigenvalue weighted by atomic mass is 9.88. The summed E-state index contributed by atoms with van der Waals surface area (Å²) in [6.45, 7) is 13.6. The quantitative estimate of drug-likeness (QED) is 0.313. The van der Waals surface area contributed by atoms with E-state index < -0.39 is 49.4 Å². The lowest BCUT2D eigenvalue weighted by Gasteiger charge is -2.39. The van der Waals surface area contributed by atoms with E-state index in [0.717, 1.165) is 17.7 Å². The fourth-order valence-corrected chi connectivity index (χ4v) is 7.83. The van der Waals surface area contributed by atoms with Crippen LogP contribution in [-0.2, 0) is 20.3 Å². The molecule has 2 aromatic rings. The van der Waals surface area contributed by atoms with Crippen molar-refractivity contribution in [2.45, 2.75) is 114 Å². The Balaban J connectivity index is 1.69. The van der Waals surface area contributed by atoms with Crippen molar-refractivity contribution < 1.29 is 23.2 Å². The van der Waals surface area contributed by atoms with E-state index in [0.29, 0.717) is 25.2 Å². The highest BCUT2D eigenvalue weighted by Gasteiger charge is 2.48. The van der Waals surface area contributed by atoms with Crippen molar-refractivity contribution >= 4 is 22.6 Å². The molecule has 42 heavy (non-hydrogen) atoms. The number of nitrogens with one attached hydrogen (secondary N) is 1. The number of likely N-dealkylation sites (tertiary alicyclic amines) is 1. The highest BCUT2D eigenvalue weighted by atomic mass is 32.2.